The first kappa shape index (κ1) is 20.7. The summed E-state index contributed by atoms with van der Waals surface area (Å²) in [7, 11) is 0. The number of nitrogens with zero attached hydrogens (tertiary/aromatic N) is 2. The first-order chi connectivity index (χ1) is 14.4. The average Bonchev–Trinajstić information content (AvgIpc) is 3.20. The van der Waals surface area contributed by atoms with Gasteiger partial charge in [-0.2, -0.15) is 0 Å². The van der Waals surface area contributed by atoms with Gasteiger partial charge in [-0.15, -0.1) is 11.3 Å². The lowest BCUT2D eigenvalue weighted by molar-refractivity contribution is 0.102. The van der Waals surface area contributed by atoms with Gasteiger partial charge in [0.15, 0.2) is 22.4 Å². The second-order valence-corrected chi connectivity index (χ2v) is 8.80. The van der Waals surface area contributed by atoms with E-state index in [1.54, 1.807) is 29.6 Å². The predicted molar refractivity (Wildman–Crippen MR) is 120 cm³/mol. The number of halogens is 2. The van der Waals surface area contributed by atoms with Crippen molar-refractivity contribution < 1.29 is 15.0 Å². The Bertz CT molecular complexity index is 1350. The molecule has 0 aliphatic carbocycles. The second-order valence-electron chi connectivity index (χ2n) is 6.16. The predicted octanol–water partition coefficient (Wildman–Crippen LogP) is 5.14. The Labute approximate surface area is 188 Å². The summed E-state index contributed by atoms with van der Waals surface area (Å²) in [6, 6.07) is 10.5. The number of rotatable bonds is 5. The fraction of sp³-hybridized carbons (Fsp3) is 0.0500. The Morgan fingerprint density at radius 1 is 1.13 bits per heavy atom. The van der Waals surface area contributed by atoms with Crippen molar-refractivity contribution in [2.75, 3.05) is 5.75 Å². The highest BCUT2D eigenvalue weighted by molar-refractivity contribution is 7.99. The maximum absolute atomic E-state index is 13.1. The minimum atomic E-state index is -0.383. The van der Waals surface area contributed by atoms with Crippen LogP contribution in [-0.4, -0.2) is 31.3 Å². The average molecular weight is 479 g/mol. The third kappa shape index (κ3) is 3.79. The summed E-state index contributed by atoms with van der Waals surface area (Å²) in [6.45, 7) is 0. The molecule has 0 spiro atoms. The molecule has 4 rings (SSSR count). The number of phenols is 2. The van der Waals surface area contributed by atoms with Gasteiger partial charge in [0.1, 0.15) is 4.70 Å². The van der Waals surface area contributed by atoms with Crippen LogP contribution in [0.5, 0.6) is 11.5 Å². The summed E-state index contributed by atoms with van der Waals surface area (Å²) in [4.78, 5) is 30.3. The van der Waals surface area contributed by atoms with E-state index in [2.05, 4.69) is 4.98 Å². The number of aromatic nitrogens is 2. The summed E-state index contributed by atoms with van der Waals surface area (Å²) in [6.07, 6.45) is 0. The zero-order valence-electron chi connectivity index (χ0n) is 15.0. The van der Waals surface area contributed by atoms with E-state index in [0.29, 0.717) is 20.9 Å². The Balaban J connectivity index is 1.76. The van der Waals surface area contributed by atoms with Gasteiger partial charge in [-0.25, -0.2) is 4.98 Å². The van der Waals surface area contributed by atoms with Gasteiger partial charge in [-0.3, -0.25) is 14.2 Å². The number of aromatic hydroxyl groups is 2. The smallest absolute Gasteiger partial charge is 0.276 e. The standard InChI is InChI=1S/C20H12Cl2N2O4S2/c21-11-2-1-3-13(17(11)22)24-19(28)18-12(6-7-29-18)23-20(24)30-9-16(27)10-4-5-14(25)15(26)8-10/h1-8,25-26H,9H2. The number of hydrogen-bond donors (Lipinski definition) is 2. The molecule has 0 atom stereocenters. The summed E-state index contributed by atoms with van der Waals surface area (Å²) < 4.78 is 1.81. The summed E-state index contributed by atoms with van der Waals surface area (Å²) in [5, 5.41) is 21.6. The summed E-state index contributed by atoms with van der Waals surface area (Å²) in [5.41, 5.74) is 0.811. The molecule has 2 heterocycles. The van der Waals surface area contributed by atoms with Crippen LogP contribution in [0.2, 0.25) is 10.0 Å². The lowest BCUT2D eigenvalue weighted by Gasteiger charge is -2.14. The van der Waals surface area contributed by atoms with Crippen LogP contribution >= 0.6 is 46.3 Å². The van der Waals surface area contributed by atoms with E-state index in [1.165, 1.54) is 34.1 Å². The van der Waals surface area contributed by atoms with E-state index in [0.717, 1.165) is 11.8 Å². The van der Waals surface area contributed by atoms with Crippen molar-refractivity contribution in [3.05, 3.63) is 73.8 Å². The van der Waals surface area contributed by atoms with Crippen molar-refractivity contribution in [1.29, 1.82) is 0 Å². The number of carbonyl (C=O) groups excluding carboxylic acids is 1. The molecule has 6 nitrogen and oxygen atoms in total. The molecule has 0 fully saturated rings. The molecule has 0 amide bonds. The molecule has 10 heteroatoms. The van der Waals surface area contributed by atoms with Gasteiger partial charge < -0.3 is 10.2 Å². The summed E-state index contributed by atoms with van der Waals surface area (Å²) in [5.74, 6) is -1.05. The van der Waals surface area contributed by atoms with Gasteiger partial charge in [0.05, 0.1) is 27.0 Å². The Hall–Kier alpha value is -2.52. The quantitative estimate of drug-likeness (QED) is 0.178. The van der Waals surface area contributed by atoms with Crippen molar-refractivity contribution >= 4 is 62.3 Å². The van der Waals surface area contributed by atoms with Gasteiger partial charge in [-0.05, 0) is 41.8 Å². The van der Waals surface area contributed by atoms with Gasteiger partial charge in [0.25, 0.3) is 5.56 Å². The maximum atomic E-state index is 13.1. The Morgan fingerprint density at radius 2 is 1.93 bits per heavy atom. The minimum absolute atomic E-state index is 0.0511. The number of benzene rings is 2. The fourth-order valence-electron chi connectivity index (χ4n) is 2.78. The summed E-state index contributed by atoms with van der Waals surface area (Å²) >= 11 is 14.8. The van der Waals surface area contributed by atoms with E-state index in [9.17, 15) is 19.8 Å². The highest BCUT2D eigenvalue weighted by Gasteiger charge is 2.19. The molecule has 152 valence electrons. The van der Waals surface area contributed by atoms with Crippen LogP contribution in [0.1, 0.15) is 10.4 Å². The highest BCUT2D eigenvalue weighted by atomic mass is 35.5. The lowest BCUT2D eigenvalue weighted by atomic mass is 10.1. The van der Waals surface area contributed by atoms with Crippen LogP contribution in [0.15, 0.2) is 57.8 Å². The minimum Gasteiger partial charge on any atom is -0.504 e. The van der Waals surface area contributed by atoms with Crippen molar-refractivity contribution in [2.24, 2.45) is 0 Å². The SMILES string of the molecule is O=C(CSc1nc2ccsc2c(=O)n1-c1cccc(Cl)c1Cl)c1ccc(O)c(O)c1. The number of thiophene rings is 1. The molecular formula is C20H12Cl2N2O4S2. The molecule has 30 heavy (non-hydrogen) atoms. The number of Topliss-reactive ketones (excluding diaryl/α,β-unsaturated/α-hetero) is 1. The van der Waals surface area contributed by atoms with Crippen LogP contribution in [0.4, 0.5) is 0 Å². The molecule has 0 radical (unpaired) electrons. The molecular weight excluding hydrogens is 467 g/mol. The monoisotopic (exact) mass is 478 g/mol. The maximum Gasteiger partial charge on any atom is 0.276 e. The molecule has 4 aromatic rings. The molecule has 0 saturated heterocycles. The first-order valence-corrected chi connectivity index (χ1v) is 11.1. The van der Waals surface area contributed by atoms with Gasteiger partial charge in [0, 0.05) is 5.56 Å². The van der Waals surface area contributed by atoms with Gasteiger partial charge in [0.2, 0.25) is 0 Å². The molecule has 0 saturated carbocycles. The fourth-order valence-corrected chi connectivity index (χ4v) is 4.82. The van der Waals surface area contributed by atoms with Crippen LogP contribution in [0, 0.1) is 0 Å². The molecule has 0 aliphatic rings. The lowest BCUT2D eigenvalue weighted by Crippen LogP contribution is -2.21. The normalized spacial score (nSPS) is 11.1. The van der Waals surface area contributed by atoms with Crippen molar-refractivity contribution in [2.45, 2.75) is 5.16 Å². The van der Waals surface area contributed by atoms with E-state index in [4.69, 9.17) is 23.2 Å². The zero-order chi connectivity index (χ0) is 21.4. The first-order valence-electron chi connectivity index (χ1n) is 8.49. The van der Waals surface area contributed by atoms with E-state index in [1.807, 2.05) is 0 Å². The zero-order valence-corrected chi connectivity index (χ0v) is 18.1. The third-order valence-electron chi connectivity index (χ3n) is 4.25. The van der Waals surface area contributed by atoms with Crippen LogP contribution < -0.4 is 5.56 Å². The van der Waals surface area contributed by atoms with Crippen molar-refractivity contribution in [3.8, 4) is 17.2 Å². The van der Waals surface area contributed by atoms with Gasteiger partial charge >= 0.3 is 0 Å². The van der Waals surface area contributed by atoms with Crippen LogP contribution in [-0.2, 0) is 0 Å². The molecule has 2 aromatic carbocycles. The molecule has 2 N–H and O–H groups in total. The third-order valence-corrected chi connectivity index (χ3v) is 6.89. The molecule has 2 aromatic heterocycles. The van der Waals surface area contributed by atoms with E-state index < -0.39 is 0 Å². The second kappa shape index (κ2) is 8.31. The van der Waals surface area contributed by atoms with Crippen molar-refractivity contribution in [3.63, 3.8) is 0 Å². The largest absolute Gasteiger partial charge is 0.504 e. The van der Waals surface area contributed by atoms with Gasteiger partial charge in [-0.1, -0.05) is 41.0 Å². The highest BCUT2D eigenvalue weighted by Crippen LogP contribution is 2.32. The van der Waals surface area contributed by atoms with Crippen LogP contribution in [0.3, 0.4) is 0 Å². The number of fused-ring (bicyclic) bond motifs is 1. The van der Waals surface area contributed by atoms with E-state index in [-0.39, 0.29) is 44.3 Å². The number of ketones is 1. The Morgan fingerprint density at radius 3 is 2.70 bits per heavy atom. The van der Waals surface area contributed by atoms with Crippen molar-refractivity contribution in [1.82, 2.24) is 9.55 Å². The number of hydrogen-bond acceptors (Lipinski definition) is 7. The van der Waals surface area contributed by atoms with E-state index >= 15 is 0 Å². The molecule has 0 bridgehead atoms. The molecule has 0 aliphatic heterocycles. The Kier molecular flexibility index (Phi) is 5.75. The van der Waals surface area contributed by atoms with Crippen LogP contribution in [0.25, 0.3) is 15.9 Å². The number of thioether (sulfide) groups is 1. The molecule has 0 unspecified atom stereocenters. The number of phenolic OH excluding ortho intramolecular Hbond substituents is 2. The number of carbonyl (C=O) groups is 1. The topological polar surface area (TPSA) is 92.4 Å².